The Morgan fingerprint density at radius 2 is 2.06 bits per heavy atom. The minimum atomic E-state index is -4.54. The van der Waals surface area contributed by atoms with Crippen molar-refractivity contribution in [3.63, 3.8) is 0 Å². The predicted molar refractivity (Wildman–Crippen MR) is 55.3 cm³/mol. The molecule has 0 saturated heterocycles. The van der Waals surface area contributed by atoms with Crippen LogP contribution in [0.4, 0.5) is 18.9 Å². The largest absolute Gasteiger partial charge is 0.416 e. The molecule has 0 radical (unpaired) electrons. The molecule has 1 N–H and O–H groups in total. The predicted octanol–water partition coefficient (Wildman–Crippen LogP) is 3.21. The number of carbonyl (C=O) groups excluding carboxylic acids is 1. The highest BCUT2D eigenvalue weighted by Gasteiger charge is 2.31. The number of carbonyl (C=O) groups is 1. The molecule has 1 aromatic rings. The fourth-order valence-electron chi connectivity index (χ4n) is 1.10. The van der Waals surface area contributed by atoms with Crippen LogP contribution in [0, 0.1) is 11.3 Å². The zero-order valence-electron chi connectivity index (χ0n) is 8.31. The van der Waals surface area contributed by atoms with Crippen LogP contribution in [0.15, 0.2) is 18.2 Å². The van der Waals surface area contributed by atoms with Gasteiger partial charge in [-0.3, -0.25) is 4.79 Å². The van der Waals surface area contributed by atoms with E-state index in [1.807, 2.05) is 0 Å². The molecule has 0 aliphatic heterocycles. The van der Waals surface area contributed by atoms with Gasteiger partial charge < -0.3 is 5.32 Å². The zero-order valence-corrected chi connectivity index (χ0v) is 9.06. The van der Waals surface area contributed by atoms with E-state index in [9.17, 15) is 18.0 Å². The Morgan fingerprint density at radius 1 is 1.41 bits per heavy atom. The van der Waals surface area contributed by atoms with Gasteiger partial charge in [-0.1, -0.05) is 11.6 Å². The van der Waals surface area contributed by atoms with Gasteiger partial charge in [-0.25, -0.2) is 0 Å². The second-order valence-electron chi connectivity index (χ2n) is 3.11. The third-order valence-electron chi connectivity index (χ3n) is 1.75. The van der Waals surface area contributed by atoms with Gasteiger partial charge >= 0.3 is 6.18 Å². The van der Waals surface area contributed by atoms with E-state index in [4.69, 9.17) is 16.9 Å². The van der Waals surface area contributed by atoms with E-state index in [-0.39, 0.29) is 10.7 Å². The zero-order chi connectivity index (χ0) is 13.1. The number of nitriles is 1. The van der Waals surface area contributed by atoms with Gasteiger partial charge in [-0.2, -0.15) is 18.4 Å². The molecule has 0 saturated carbocycles. The smallest absolute Gasteiger partial charge is 0.325 e. The maximum Gasteiger partial charge on any atom is 0.416 e. The lowest BCUT2D eigenvalue weighted by Gasteiger charge is -2.10. The first-order valence-electron chi connectivity index (χ1n) is 4.37. The first-order chi connectivity index (χ1) is 7.82. The number of alkyl halides is 3. The Kier molecular flexibility index (Phi) is 3.97. The molecule has 1 amide bonds. The lowest BCUT2D eigenvalue weighted by molar-refractivity contribution is -0.137. The number of rotatable bonds is 2. The van der Waals surface area contributed by atoms with Crippen molar-refractivity contribution < 1.29 is 18.0 Å². The molecule has 0 bridgehead atoms. The summed E-state index contributed by atoms with van der Waals surface area (Å²) in [6, 6.07) is 4.26. The van der Waals surface area contributed by atoms with Crippen LogP contribution in [0.5, 0.6) is 0 Å². The Hall–Kier alpha value is -1.74. The van der Waals surface area contributed by atoms with Crippen molar-refractivity contribution in [2.45, 2.75) is 12.6 Å². The van der Waals surface area contributed by atoms with E-state index in [1.165, 1.54) is 6.07 Å². The first-order valence-corrected chi connectivity index (χ1v) is 4.75. The monoisotopic (exact) mass is 262 g/mol. The van der Waals surface area contributed by atoms with E-state index >= 15 is 0 Å². The van der Waals surface area contributed by atoms with Crippen LogP contribution in [0.2, 0.25) is 5.02 Å². The third-order valence-corrected chi connectivity index (χ3v) is 1.97. The third kappa shape index (κ3) is 3.96. The van der Waals surface area contributed by atoms with Gasteiger partial charge in [0.15, 0.2) is 0 Å². The van der Waals surface area contributed by atoms with E-state index in [1.54, 1.807) is 6.07 Å². The molecule has 17 heavy (non-hydrogen) atoms. The van der Waals surface area contributed by atoms with Crippen LogP contribution in [-0.4, -0.2) is 5.91 Å². The highest BCUT2D eigenvalue weighted by Crippen LogP contribution is 2.33. The molecule has 3 nitrogen and oxygen atoms in total. The Bertz CT molecular complexity index is 479. The summed E-state index contributed by atoms with van der Waals surface area (Å²) in [5.41, 5.74) is -1.05. The van der Waals surface area contributed by atoms with Crippen LogP contribution in [0.1, 0.15) is 12.0 Å². The van der Waals surface area contributed by atoms with E-state index in [2.05, 4.69) is 5.32 Å². The summed E-state index contributed by atoms with van der Waals surface area (Å²) in [6.45, 7) is 0. The summed E-state index contributed by atoms with van der Waals surface area (Å²) >= 11 is 5.50. The van der Waals surface area contributed by atoms with Crippen molar-refractivity contribution in [1.29, 1.82) is 5.26 Å². The molecule has 1 rings (SSSR count). The van der Waals surface area contributed by atoms with Crippen LogP contribution < -0.4 is 5.32 Å². The molecule has 1 aromatic carbocycles. The summed E-state index contributed by atoms with van der Waals surface area (Å²) in [5, 5.41) is 10.2. The van der Waals surface area contributed by atoms with Gasteiger partial charge in [0.1, 0.15) is 6.42 Å². The van der Waals surface area contributed by atoms with Crippen molar-refractivity contribution in [2.75, 3.05) is 5.32 Å². The number of nitrogens with zero attached hydrogens (tertiary/aromatic N) is 1. The topological polar surface area (TPSA) is 52.9 Å². The molecular formula is C10H6ClF3N2O. The molecule has 0 spiro atoms. The van der Waals surface area contributed by atoms with Gasteiger partial charge in [0, 0.05) is 10.7 Å². The Labute approximate surface area is 99.8 Å². The van der Waals surface area contributed by atoms with Crippen molar-refractivity contribution in [2.24, 2.45) is 0 Å². The molecular weight excluding hydrogens is 257 g/mol. The molecule has 0 aliphatic rings. The number of hydrogen-bond donors (Lipinski definition) is 1. The Balaban J connectivity index is 2.99. The maximum absolute atomic E-state index is 12.4. The molecule has 0 heterocycles. The van der Waals surface area contributed by atoms with Gasteiger partial charge in [0.2, 0.25) is 5.91 Å². The average molecular weight is 263 g/mol. The van der Waals surface area contributed by atoms with E-state index in [0.717, 1.165) is 12.1 Å². The molecule has 0 aliphatic carbocycles. The summed E-state index contributed by atoms with van der Waals surface area (Å²) in [4.78, 5) is 11.0. The highest BCUT2D eigenvalue weighted by molar-refractivity contribution is 6.31. The van der Waals surface area contributed by atoms with Crippen LogP contribution in [0.25, 0.3) is 0 Å². The minimum absolute atomic E-state index is 0.0925. The summed E-state index contributed by atoms with van der Waals surface area (Å²) in [6.07, 6.45) is -4.98. The number of benzene rings is 1. The summed E-state index contributed by atoms with van der Waals surface area (Å²) in [5.74, 6) is -0.692. The standard InChI is InChI=1S/C10H6ClF3N2O/c11-7-3-6(10(12,13)14)4-8(5-7)16-9(17)1-2-15/h3-5H,1H2,(H,16,17). The number of halogens is 4. The molecule has 0 fully saturated rings. The van der Waals surface area contributed by atoms with Crippen molar-refractivity contribution in [3.8, 4) is 6.07 Å². The van der Waals surface area contributed by atoms with Crippen molar-refractivity contribution >= 4 is 23.2 Å². The number of nitrogens with one attached hydrogen (secondary N) is 1. The summed E-state index contributed by atoms with van der Waals surface area (Å²) < 4.78 is 37.2. The molecule has 0 aromatic heterocycles. The van der Waals surface area contributed by atoms with Gasteiger partial charge in [0.05, 0.1) is 11.6 Å². The fraction of sp³-hybridized carbons (Fsp3) is 0.200. The number of hydrogen-bond acceptors (Lipinski definition) is 2. The maximum atomic E-state index is 12.4. The molecule has 0 atom stereocenters. The second kappa shape index (κ2) is 5.06. The molecule has 7 heteroatoms. The van der Waals surface area contributed by atoms with Crippen LogP contribution in [0.3, 0.4) is 0 Å². The Morgan fingerprint density at radius 3 is 2.59 bits per heavy atom. The first kappa shape index (κ1) is 13.3. The number of amides is 1. The quantitative estimate of drug-likeness (QED) is 0.890. The fourth-order valence-corrected chi connectivity index (χ4v) is 1.34. The number of anilines is 1. The van der Waals surface area contributed by atoms with E-state index in [0.29, 0.717) is 0 Å². The highest BCUT2D eigenvalue weighted by atomic mass is 35.5. The van der Waals surface area contributed by atoms with Crippen molar-refractivity contribution in [1.82, 2.24) is 0 Å². The van der Waals surface area contributed by atoms with E-state index < -0.39 is 24.1 Å². The lowest BCUT2D eigenvalue weighted by atomic mass is 10.2. The van der Waals surface area contributed by atoms with Gasteiger partial charge in [0.25, 0.3) is 0 Å². The second-order valence-corrected chi connectivity index (χ2v) is 3.55. The molecule has 0 unspecified atom stereocenters. The van der Waals surface area contributed by atoms with Gasteiger partial charge in [-0.15, -0.1) is 0 Å². The van der Waals surface area contributed by atoms with Crippen LogP contribution in [-0.2, 0) is 11.0 Å². The van der Waals surface area contributed by atoms with Gasteiger partial charge in [-0.05, 0) is 18.2 Å². The minimum Gasteiger partial charge on any atom is -0.325 e. The SMILES string of the molecule is N#CCC(=O)Nc1cc(Cl)cc(C(F)(F)F)c1. The molecule has 90 valence electrons. The normalized spacial score (nSPS) is 10.8. The average Bonchev–Trinajstić information content (AvgIpc) is 2.15. The summed E-state index contributed by atoms with van der Waals surface area (Å²) in [7, 11) is 0. The van der Waals surface area contributed by atoms with Crippen molar-refractivity contribution in [3.05, 3.63) is 28.8 Å². The van der Waals surface area contributed by atoms with Crippen LogP contribution >= 0.6 is 11.6 Å². The lowest BCUT2D eigenvalue weighted by Crippen LogP contribution is -2.12.